The summed E-state index contributed by atoms with van der Waals surface area (Å²) in [6.45, 7) is 3.86. The summed E-state index contributed by atoms with van der Waals surface area (Å²) in [6, 6.07) is 2.26. The minimum absolute atomic E-state index is 0.0479. The lowest BCUT2D eigenvalue weighted by Gasteiger charge is -2.38. The SMILES string of the molecule is Cn1ncnc1CC1(C#N)CCCC(C)(C)C1=O. The first-order valence-corrected chi connectivity index (χ1v) is 6.20. The van der Waals surface area contributed by atoms with E-state index < -0.39 is 10.8 Å². The molecule has 5 heteroatoms. The molecule has 5 nitrogen and oxygen atoms in total. The molecule has 1 aliphatic rings. The molecule has 18 heavy (non-hydrogen) atoms. The van der Waals surface area contributed by atoms with Gasteiger partial charge in [0.2, 0.25) is 0 Å². The molecule has 0 bridgehead atoms. The average Bonchev–Trinajstić information content (AvgIpc) is 2.71. The van der Waals surface area contributed by atoms with Gasteiger partial charge in [-0.1, -0.05) is 20.3 Å². The molecule has 0 saturated heterocycles. The van der Waals surface area contributed by atoms with E-state index in [9.17, 15) is 10.1 Å². The fourth-order valence-electron chi connectivity index (χ4n) is 2.77. The second kappa shape index (κ2) is 4.20. The molecule has 0 amide bonds. The predicted octanol–water partition coefficient (Wildman–Crippen LogP) is 1.65. The van der Waals surface area contributed by atoms with E-state index in [1.807, 2.05) is 13.8 Å². The summed E-state index contributed by atoms with van der Waals surface area (Å²) in [5, 5.41) is 13.5. The van der Waals surface area contributed by atoms with Crippen molar-refractivity contribution < 1.29 is 4.79 Å². The van der Waals surface area contributed by atoms with E-state index in [4.69, 9.17) is 0 Å². The van der Waals surface area contributed by atoms with Crippen LogP contribution in [0, 0.1) is 22.2 Å². The van der Waals surface area contributed by atoms with Crippen molar-refractivity contribution in [3.05, 3.63) is 12.2 Å². The zero-order valence-corrected chi connectivity index (χ0v) is 11.1. The van der Waals surface area contributed by atoms with Gasteiger partial charge in [-0.05, 0) is 12.8 Å². The number of aryl methyl sites for hydroxylation is 1. The van der Waals surface area contributed by atoms with Gasteiger partial charge in [0.1, 0.15) is 17.6 Å². The Bertz CT molecular complexity index is 511. The van der Waals surface area contributed by atoms with Gasteiger partial charge in [-0.15, -0.1) is 0 Å². The molecule has 1 heterocycles. The van der Waals surface area contributed by atoms with Gasteiger partial charge in [-0.25, -0.2) is 4.98 Å². The Kier molecular flexibility index (Phi) is 2.97. The van der Waals surface area contributed by atoms with Crippen LogP contribution < -0.4 is 0 Å². The standard InChI is InChI=1S/C13H18N4O/c1-12(2)5-4-6-13(8-14,11(12)18)7-10-15-9-16-17(10)3/h9H,4-7H2,1-3H3. The average molecular weight is 246 g/mol. The van der Waals surface area contributed by atoms with E-state index in [2.05, 4.69) is 16.2 Å². The molecule has 2 rings (SSSR count). The zero-order chi connectivity index (χ0) is 13.4. The van der Waals surface area contributed by atoms with E-state index in [0.717, 1.165) is 12.8 Å². The maximum atomic E-state index is 12.6. The molecule has 0 N–H and O–H groups in total. The highest BCUT2D eigenvalue weighted by molar-refractivity contribution is 5.93. The van der Waals surface area contributed by atoms with Crippen molar-refractivity contribution in [2.24, 2.45) is 17.9 Å². The van der Waals surface area contributed by atoms with Gasteiger partial charge >= 0.3 is 0 Å². The lowest BCUT2D eigenvalue weighted by atomic mass is 9.61. The molecule has 1 aromatic rings. The molecule has 1 saturated carbocycles. The lowest BCUT2D eigenvalue weighted by molar-refractivity contribution is -0.138. The second-order valence-corrected chi connectivity index (χ2v) is 5.74. The Morgan fingerprint density at radius 1 is 1.50 bits per heavy atom. The maximum absolute atomic E-state index is 12.6. The number of hydrogen-bond acceptors (Lipinski definition) is 4. The van der Waals surface area contributed by atoms with Crippen LogP contribution in [0.3, 0.4) is 0 Å². The molecular weight excluding hydrogens is 228 g/mol. The number of nitriles is 1. The Hall–Kier alpha value is -1.70. The number of ketones is 1. The maximum Gasteiger partial charge on any atom is 0.159 e. The van der Waals surface area contributed by atoms with Crippen LogP contribution in [0.5, 0.6) is 0 Å². The highest BCUT2D eigenvalue weighted by Gasteiger charge is 2.49. The highest BCUT2D eigenvalue weighted by Crippen LogP contribution is 2.44. The third kappa shape index (κ3) is 1.92. The van der Waals surface area contributed by atoms with Gasteiger partial charge in [0, 0.05) is 18.9 Å². The predicted molar refractivity (Wildman–Crippen MR) is 65.4 cm³/mol. The van der Waals surface area contributed by atoms with E-state index in [1.54, 1.807) is 11.7 Å². The molecular formula is C13H18N4O. The summed E-state index contributed by atoms with van der Waals surface area (Å²) in [5.41, 5.74) is -1.34. The first-order chi connectivity index (χ1) is 8.41. The second-order valence-electron chi connectivity index (χ2n) is 5.74. The molecule has 1 unspecified atom stereocenters. The van der Waals surface area contributed by atoms with Crippen LogP contribution in [-0.4, -0.2) is 20.5 Å². The number of nitrogens with zero attached hydrogens (tertiary/aromatic N) is 4. The molecule has 0 aliphatic heterocycles. The third-order valence-corrected chi connectivity index (χ3v) is 3.93. The molecule has 0 aromatic carbocycles. The summed E-state index contributed by atoms with van der Waals surface area (Å²) >= 11 is 0. The summed E-state index contributed by atoms with van der Waals surface area (Å²) < 4.78 is 1.63. The summed E-state index contributed by atoms with van der Waals surface area (Å²) in [4.78, 5) is 16.7. The van der Waals surface area contributed by atoms with Crippen LogP contribution >= 0.6 is 0 Å². The number of carbonyl (C=O) groups excluding carboxylic acids is 1. The quantitative estimate of drug-likeness (QED) is 0.795. The zero-order valence-electron chi connectivity index (χ0n) is 11.1. The van der Waals surface area contributed by atoms with Gasteiger partial charge in [0.05, 0.1) is 6.07 Å². The molecule has 1 aliphatic carbocycles. The number of hydrogen-bond donors (Lipinski definition) is 0. The van der Waals surface area contributed by atoms with E-state index in [-0.39, 0.29) is 5.78 Å². The summed E-state index contributed by atoms with van der Waals surface area (Å²) in [6.07, 6.45) is 4.21. The van der Waals surface area contributed by atoms with E-state index >= 15 is 0 Å². The van der Waals surface area contributed by atoms with Crippen molar-refractivity contribution in [1.29, 1.82) is 5.26 Å². The number of rotatable bonds is 2. The van der Waals surface area contributed by atoms with Gasteiger partial charge in [-0.3, -0.25) is 9.48 Å². The van der Waals surface area contributed by atoms with Crippen molar-refractivity contribution in [2.45, 2.75) is 39.5 Å². The molecule has 1 atom stereocenters. The molecule has 0 radical (unpaired) electrons. The minimum Gasteiger partial charge on any atom is -0.297 e. The number of Topliss-reactive ketones (excluding diaryl/α,β-unsaturated/α-hetero) is 1. The third-order valence-electron chi connectivity index (χ3n) is 3.93. The number of carbonyl (C=O) groups is 1. The summed E-state index contributed by atoms with van der Waals surface area (Å²) in [7, 11) is 1.78. The Morgan fingerprint density at radius 3 is 2.78 bits per heavy atom. The van der Waals surface area contributed by atoms with E-state index in [1.165, 1.54) is 6.33 Å². The van der Waals surface area contributed by atoms with E-state index in [0.29, 0.717) is 18.7 Å². The lowest BCUT2D eigenvalue weighted by Crippen LogP contribution is -2.45. The van der Waals surface area contributed by atoms with Crippen LogP contribution in [-0.2, 0) is 18.3 Å². The monoisotopic (exact) mass is 246 g/mol. The van der Waals surface area contributed by atoms with Gasteiger partial charge in [0.25, 0.3) is 0 Å². The summed E-state index contributed by atoms with van der Waals surface area (Å²) in [5.74, 6) is 0.745. The van der Waals surface area contributed by atoms with Crippen LogP contribution in [0.15, 0.2) is 6.33 Å². The molecule has 96 valence electrons. The van der Waals surface area contributed by atoms with Gasteiger partial charge in [-0.2, -0.15) is 10.4 Å². The highest BCUT2D eigenvalue weighted by atomic mass is 16.1. The molecule has 1 fully saturated rings. The van der Waals surface area contributed by atoms with Gasteiger partial charge in [0.15, 0.2) is 5.78 Å². The fraction of sp³-hybridized carbons (Fsp3) is 0.692. The Labute approximate surface area is 107 Å². The van der Waals surface area contributed by atoms with Crippen LogP contribution in [0.25, 0.3) is 0 Å². The van der Waals surface area contributed by atoms with Crippen LogP contribution in [0.2, 0.25) is 0 Å². The molecule has 1 aromatic heterocycles. The first-order valence-electron chi connectivity index (χ1n) is 6.20. The van der Waals surface area contributed by atoms with Crippen LogP contribution in [0.1, 0.15) is 38.9 Å². The smallest absolute Gasteiger partial charge is 0.159 e. The Morgan fingerprint density at radius 2 is 2.22 bits per heavy atom. The Balaban J connectivity index is 2.35. The van der Waals surface area contributed by atoms with Crippen molar-refractivity contribution >= 4 is 5.78 Å². The normalized spacial score (nSPS) is 26.9. The number of aromatic nitrogens is 3. The largest absolute Gasteiger partial charge is 0.297 e. The minimum atomic E-state index is -0.928. The molecule has 0 spiro atoms. The van der Waals surface area contributed by atoms with Crippen molar-refractivity contribution in [3.8, 4) is 6.07 Å². The van der Waals surface area contributed by atoms with Crippen molar-refractivity contribution in [3.63, 3.8) is 0 Å². The first kappa shape index (κ1) is 12.7. The fourth-order valence-corrected chi connectivity index (χ4v) is 2.77. The van der Waals surface area contributed by atoms with Crippen molar-refractivity contribution in [1.82, 2.24) is 14.8 Å². The van der Waals surface area contributed by atoms with Gasteiger partial charge < -0.3 is 0 Å². The topological polar surface area (TPSA) is 71.6 Å². The van der Waals surface area contributed by atoms with Crippen molar-refractivity contribution in [2.75, 3.05) is 0 Å². The van der Waals surface area contributed by atoms with Crippen LogP contribution in [0.4, 0.5) is 0 Å².